The number of hydroxylamine groups is 3. The number of rotatable bonds is 2. The summed E-state index contributed by atoms with van der Waals surface area (Å²) in [5, 5.41) is 13.8. The normalized spacial score (nSPS) is 25.6. The van der Waals surface area contributed by atoms with Gasteiger partial charge >= 0.3 is 5.97 Å². The highest BCUT2D eigenvalue weighted by Gasteiger charge is 2.46. The molecule has 0 radical (unpaired) electrons. The van der Waals surface area contributed by atoms with Crippen LogP contribution < -0.4 is 0 Å². The topological polar surface area (TPSA) is 49.4 Å². The summed E-state index contributed by atoms with van der Waals surface area (Å²) in [5.41, 5.74) is 3.60. The number of methoxy groups -OCH3 is 1. The average Bonchev–Trinajstić information content (AvgIpc) is 3.16. The fourth-order valence-electron chi connectivity index (χ4n) is 4.71. The predicted molar refractivity (Wildman–Crippen MR) is 108 cm³/mol. The molecular weight excluding hydrogens is 369 g/mol. The molecule has 0 amide bonds. The Morgan fingerprint density at radius 2 is 1.93 bits per heavy atom. The molecule has 1 fully saturated rings. The van der Waals surface area contributed by atoms with E-state index >= 15 is 0 Å². The minimum absolute atomic E-state index is 0.236. The maximum absolute atomic E-state index is 13.8. The van der Waals surface area contributed by atoms with Crippen molar-refractivity contribution in [3.8, 4) is 11.8 Å². The SMILES string of the molecule is COC(=O)[C@@H]1CCCC[N+]1([O-])C1CCc2cc(C#Cc3cccc(F)c3)ccc21. The van der Waals surface area contributed by atoms with E-state index in [2.05, 4.69) is 11.8 Å². The Morgan fingerprint density at radius 3 is 2.69 bits per heavy atom. The molecule has 29 heavy (non-hydrogen) atoms. The molecule has 1 saturated heterocycles. The number of benzene rings is 2. The van der Waals surface area contributed by atoms with Crippen molar-refractivity contribution in [1.82, 2.24) is 0 Å². The fourth-order valence-corrected chi connectivity index (χ4v) is 4.71. The van der Waals surface area contributed by atoms with E-state index in [-0.39, 0.29) is 11.9 Å². The molecule has 150 valence electrons. The molecule has 1 aliphatic carbocycles. The second-order valence-corrected chi connectivity index (χ2v) is 7.84. The highest BCUT2D eigenvalue weighted by molar-refractivity contribution is 5.74. The lowest BCUT2D eigenvalue weighted by molar-refractivity contribution is -0.931. The van der Waals surface area contributed by atoms with Crippen LogP contribution in [0.2, 0.25) is 0 Å². The molecule has 1 aliphatic heterocycles. The Bertz CT molecular complexity index is 993. The van der Waals surface area contributed by atoms with Gasteiger partial charge in [-0.05, 0) is 55.2 Å². The van der Waals surface area contributed by atoms with Gasteiger partial charge in [-0.3, -0.25) is 0 Å². The van der Waals surface area contributed by atoms with Crippen molar-refractivity contribution in [2.24, 2.45) is 0 Å². The Hall–Kier alpha value is -2.68. The Kier molecular flexibility index (Phi) is 5.40. The van der Waals surface area contributed by atoms with E-state index in [4.69, 9.17) is 4.74 Å². The molecule has 0 aromatic heterocycles. The van der Waals surface area contributed by atoms with Crippen LogP contribution in [-0.2, 0) is 16.0 Å². The van der Waals surface area contributed by atoms with E-state index in [0.29, 0.717) is 18.5 Å². The number of quaternary nitrogens is 1. The summed E-state index contributed by atoms with van der Waals surface area (Å²) in [5.74, 6) is 5.37. The van der Waals surface area contributed by atoms with Gasteiger partial charge in [-0.15, -0.1) is 0 Å². The third kappa shape index (κ3) is 3.78. The summed E-state index contributed by atoms with van der Waals surface area (Å²) in [6.45, 7) is 0.449. The van der Waals surface area contributed by atoms with Crippen molar-refractivity contribution in [3.63, 3.8) is 0 Å². The van der Waals surface area contributed by atoms with Gasteiger partial charge in [0.25, 0.3) is 0 Å². The van der Waals surface area contributed by atoms with E-state index in [1.54, 1.807) is 12.1 Å². The van der Waals surface area contributed by atoms with Crippen molar-refractivity contribution in [2.45, 2.75) is 44.2 Å². The van der Waals surface area contributed by atoms with Crippen LogP contribution >= 0.6 is 0 Å². The number of hydrogen-bond acceptors (Lipinski definition) is 3. The summed E-state index contributed by atoms with van der Waals surface area (Å²) in [6.07, 6.45) is 3.83. The fraction of sp³-hybridized carbons (Fsp3) is 0.375. The smallest absolute Gasteiger partial charge is 0.365 e. The molecule has 4 nitrogen and oxygen atoms in total. The summed E-state index contributed by atoms with van der Waals surface area (Å²) in [7, 11) is 1.35. The minimum atomic E-state index is -0.642. The second-order valence-electron chi connectivity index (χ2n) is 7.84. The van der Waals surface area contributed by atoms with Gasteiger partial charge in [-0.2, -0.15) is 0 Å². The minimum Gasteiger partial charge on any atom is -0.632 e. The lowest BCUT2D eigenvalue weighted by Crippen LogP contribution is -2.58. The number of ether oxygens (including phenoxy) is 1. The highest BCUT2D eigenvalue weighted by atomic mass is 19.1. The Morgan fingerprint density at radius 1 is 1.14 bits per heavy atom. The molecule has 2 aromatic rings. The van der Waals surface area contributed by atoms with Crippen LogP contribution in [0.25, 0.3) is 0 Å². The number of hydrogen-bond donors (Lipinski definition) is 0. The Labute approximate surface area is 170 Å². The van der Waals surface area contributed by atoms with E-state index in [1.165, 1.54) is 19.2 Å². The number of carbonyl (C=O) groups is 1. The Balaban J connectivity index is 1.61. The third-order valence-corrected chi connectivity index (χ3v) is 6.13. The van der Waals surface area contributed by atoms with Crippen LogP contribution in [0.4, 0.5) is 4.39 Å². The van der Waals surface area contributed by atoms with E-state index in [9.17, 15) is 14.4 Å². The van der Waals surface area contributed by atoms with Gasteiger partial charge in [0.2, 0.25) is 0 Å². The molecule has 0 bridgehead atoms. The van der Waals surface area contributed by atoms with Crippen molar-refractivity contribution < 1.29 is 18.6 Å². The zero-order chi connectivity index (χ0) is 20.4. The zero-order valence-corrected chi connectivity index (χ0v) is 16.5. The monoisotopic (exact) mass is 393 g/mol. The molecule has 4 rings (SSSR count). The number of carbonyl (C=O) groups excluding carboxylic acids is 1. The van der Waals surface area contributed by atoms with E-state index < -0.39 is 16.7 Å². The second kappa shape index (κ2) is 7.98. The van der Waals surface area contributed by atoms with Gasteiger partial charge in [-0.25, -0.2) is 9.18 Å². The van der Waals surface area contributed by atoms with Crippen LogP contribution in [0.15, 0.2) is 42.5 Å². The van der Waals surface area contributed by atoms with Crippen molar-refractivity contribution in [2.75, 3.05) is 13.7 Å². The van der Waals surface area contributed by atoms with Gasteiger partial charge in [-0.1, -0.05) is 24.0 Å². The number of piperidine rings is 1. The highest BCUT2D eigenvalue weighted by Crippen LogP contribution is 2.44. The first kappa shape index (κ1) is 19.6. The van der Waals surface area contributed by atoms with E-state index in [0.717, 1.165) is 42.4 Å². The molecule has 0 saturated carbocycles. The number of fused-ring (bicyclic) bond motifs is 1. The van der Waals surface area contributed by atoms with Gasteiger partial charge in [0, 0.05) is 29.5 Å². The first-order chi connectivity index (χ1) is 14.0. The summed E-state index contributed by atoms with van der Waals surface area (Å²) < 4.78 is 17.7. The summed E-state index contributed by atoms with van der Waals surface area (Å²) in [4.78, 5) is 12.3. The molecule has 0 spiro atoms. The lowest BCUT2D eigenvalue weighted by Gasteiger charge is -2.54. The maximum atomic E-state index is 13.8. The molecule has 2 aromatic carbocycles. The number of esters is 1. The predicted octanol–water partition coefficient (Wildman–Crippen LogP) is 4.25. The van der Waals surface area contributed by atoms with Crippen LogP contribution in [0.3, 0.4) is 0 Å². The summed E-state index contributed by atoms with van der Waals surface area (Å²) in [6, 6.07) is 11.2. The number of halogens is 1. The van der Waals surface area contributed by atoms with Gasteiger partial charge in [0.05, 0.1) is 13.7 Å². The lowest BCUT2D eigenvalue weighted by atomic mass is 9.95. The maximum Gasteiger partial charge on any atom is 0.365 e. The number of nitrogens with zero attached hydrogens (tertiary/aromatic N) is 1. The molecule has 5 heteroatoms. The first-order valence-corrected chi connectivity index (χ1v) is 10.1. The molecule has 0 N–H and O–H groups in total. The van der Waals surface area contributed by atoms with Gasteiger partial charge in [0.1, 0.15) is 11.9 Å². The van der Waals surface area contributed by atoms with Crippen molar-refractivity contribution in [1.29, 1.82) is 0 Å². The van der Waals surface area contributed by atoms with Crippen LogP contribution in [0, 0.1) is 22.9 Å². The van der Waals surface area contributed by atoms with Crippen LogP contribution in [0.1, 0.15) is 54.0 Å². The van der Waals surface area contributed by atoms with Gasteiger partial charge in [0.15, 0.2) is 6.04 Å². The quantitative estimate of drug-likeness (QED) is 0.332. The molecule has 1 heterocycles. The molecule has 3 atom stereocenters. The van der Waals surface area contributed by atoms with Crippen molar-refractivity contribution >= 4 is 5.97 Å². The first-order valence-electron chi connectivity index (χ1n) is 10.1. The third-order valence-electron chi connectivity index (χ3n) is 6.13. The molecule has 2 unspecified atom stereocenters. The summed E-state index contributed by atoms with van der Waals surface area (Å²) >= 11 is 0. The van der Waals surface area contributed by atoms with Crippen LogP contribution in [-0.4, -0.2) is 30.3 Å². The van der Waals surface area contributed by atoms with Gasteiger partial charge < -0.3 is 14.6 Å². The molecule has 2 aliphatic rings. The van der Waals surface area contributed by atoms with E-state index in [1.807, 2.05) is 18.2 Å². The average molecular weight is 393 g/mol. The van der Waals surface area contributed by atoms with Crippen molar-refractivity contribution in [3.05, 3.63) is 75.7 Å². The van der Waals surface area contributed by atoms with Crippen LogP contribution in [0.5, 0.6) is 0 Å². The largest absolute Gasteiger partial charge is 0.632 e. The molecular formula is C24H24FNO3. The zero-order valence-electron chi connectivity index (χ0n) is 16.5. The number of aryl methyl sites for hydroxylation is 1. The standard InChI is InChI=1S/C24H24FNO3/c1-29-24(27)23-7-2-3-14-26(23,28)22-13-11-19-15-18(10-12-21(19)22)9-8-17-5-4-6-20(25)16-17/h4-6,10,12,15-16,22-23H,2-3,7,11,13-14H2,1H3/t22?,23-,26?/m0/s1. The number of likely N-dealkylation sites (tertiary alicyclic amines) is 1.